The van der Waals surface area contributed by atoms with Crippen LogP contribution in [0.25, 0.3) is 0 Å². The average molecular weight is 333 g/mol. The summed E-state index contributed by atoms with van der Waals surface area (Å²) in [6.07, 6.45) is 0. The average Bonchev–Trinajstić information content (AvgIpc) is 2.48. The van der Waals surface area contributed by atoms with E-state index in [1.54, 1.807) is 0 Å². The Hall–Kier alpha value is -1.32. The van der Waals surface area contributed by atoms with Gasteiger partial charge in [0.05, 0.1) is 0 Å². The van der Waals surface area contributed by atoms with Crippen LogP contribution < -0.4 is 10.2 Å². The van der Waals surface area contributed by atoms with E-state index in [-0.39, 0.29) is 0 Å². The number of anilines is 1. The molecular weight excluding hydrogens is 312 g/mol. The van der Waals surface area contributed by atoms with E-state index in [2.05, 4.69) is 82.6 Å². The lowest BCUT2D eigenvalue weighted by atomic mass is 10.1. The topological polar surface area (TPSA) is 15.3 Å². The fourth-order valence-corrected chi connectivity index (χ4v) is 2.52. The van der Waals surface area contributed by atoms with Crippen LogP contribution in [0.2, 0.25) is 0 Å². The Balaban J connectivity index is 2.02. The Morgan fingerprint density at radius 2 is 1.75 bits per heavy atom. The zero-order valence-electron chi connectivity index (χ0n) is 12.1. The second kappa shape index (κ2) is 7.46. The van der Waals surface area contributed by atoms with Gasteiger partial charge in [-0.2, -0.15) is 0 Å². The second-order valence-corrected chi connectivity index (χ2v) is 5.75. The zero-order valence-corrected chi connectivity index (χ0v) is 13.7. The molecule has 2 nitrogen and oxygen atoms in total. The van der Waals surface area contributed by atoms with Gasteiger partial charge in [-0.1, -0.05) is 53.2 Å². The molecule has 106 valence electrons. The van der Waals surface area contributed by atoms with Crippen molar-refractivity contribution in [1.29, 1.82) is 0 Å². The van der Waals surface area contributed by atoms with Crippen molar-refractivity contribution in [2.75, 3.05) is 18.5 Å². The molecule has 2 aromatic rings. The van der Waals surface area contributed by atoms with Crippen molar-refractivity contribution < 1.29 is 0 Å². The van der Waals surface area contributed by atoms with Crippen LogP contribution in [0.15, 0.2) is 53.0 Å². The zero-order chi connectivity index (χ0) is 14.4. The van der Waals surface area contributed by atoms with Gasteiger partial charge < -0.3 is 10.2 Å². The van der Waals surface area contributed by atoms with Gasteiger partial charge in [-0.3, -0.25) is 0 Å². The first-order valence-corrected chi connectivity index (χ1v) is 7.74. The normalized spacial score (nSPS) is 10.6. The van der Waals surface area contributed by atoms with E-state index in [1.165, 1.54) is 16.8 Å². The molecule has 0 unspecified atom stereocenters. The van der Waals surface area contributed by atoms with E-state index in [4.69, 9.17) is 0 Å². The number of nitrogens with one attached hydrogen (secondary N) is 1. The van der Waals surface area contributed by atoms with Crippen LogP contribution in [0.4, 0.5) is 5.69 Å². The molecule has 0 atom stereocenters. The summed E-state index contributed by atoms with van der Waals surface area (Å²) in [6, 6.07) is 17.1. The molecule has 2 aromatic carbocycles. The summed E-state index contributed by atoms with van der Waals surface area (Å²) in [7, 11) is 2.12. The second-order valence-electron chi connectivity index (χ2n) is 4.89. The molecule has 0 radical (unpaired) electrons. The van der Waals surface area contributed by atoms with Crippen molar-refractivity contribution in [2.45, 2.75) is 20.0 Å². The van der Waals surface area contributed by atoms with Gasteiger partial charge in [-0.05, 0) is 35.9 Å². The Morgan fingerprint density at radius 3 is 2.40 bits per heavy atom. The molecule has 20 heavy (non-hydrogen) atoms. The highest BCUT2D eigenvalue weighted by molar-refractivity contribution is 9.10. The largest absolute Gasteiger partial charge is 0.370 e. The van der Waals surface area contributed by atoms with Crippen LogP contribution in [0.1, 0.15) is 18.1 Å². The molecule has 0 saturated carbocycles. The quantitative estimate of drug-likeness (QED) is 0.852. The van der Waals surface area contributed by atoms with Crippen molar-refractivity contribution >= 4 is 21.6 Å². The predicted octanol–water partition coefficient (Wildman–Crippen LogP) is 4.20. The van der Waals surface area contributed by atoms with Gasteiger partial charge in [0.25, 0.3) is 0 Å². The minimum absolute atomic E-state index is 0.897. The predicted molar refractivity (Wildman–Crippen MR) is 90.1 cm³/mol. The third-order valence-electron chi connectivity index (χ3n) is 3.32. The minimum Gasteiger partial charge on any atom is -0.370 e. The Morgan fingerprint density at radius 1 is 1.05 bits per heavy atom. The Labute approximate surface area is 129 Å². The summed E-state index contributed by atoms with van der Waals surface area (Å²) in [5, 5.41) is 3.34. The lowest BCUT2D eigenvalue weighted by Crippen LogP contribution is -2.17. The molecule has 0 amide bonds. The van der Waals surface area contributed by atoms with Crippen LogP contribution in [0.3, 0.4) is 0 Å². The SMILES string of the molecule is CCNCc1ccc(N(C)Cc2ccccc2Br)cc1. The molecule has 2 rings (SSSR count). The number of benzene rings is 2. The van der Waals surface area contributed by atoms with Gasteiger partial charge >= 0.3 is 0 Å². The summed E-state index contributed by atoms with van der Waals surface area (Å²) >= 11 is 3.60. The third kappa shape index (κ3) is 4.09. The maximum absolute atomic E-state index is 3.60. The first kappa shape index (κ1) is 15.1. The number of rotatable bonds is 6. The van der Waals surface area contributed by atoms with Crippen LogP contribution in [0, 0.1) is 0 Å². The van der Waals surface area contributed by atoms with Gasteiger partial charge in [-0.25, -0.2) is 0 Å². The molecule has 0 saturated heterocycles. The molecule has 0 aromatic heterocycles. The Bertz CT molecular complexity index is 537. The van der Waals surface area contributed by atoms with E-state index < -0.39 is 0 Å². The Kier molecular flexibility index (Phi) is 5.62. The molecule has 0 aliphatic carbocycles. The summed E-state index contributed by atoms with van der Waals surface area (Å²) < 4.78 is 1.16. The summed E-state index contributed by atoms with van der Waals surface area (Å²) in [4.78, 5) is 2.26. The van der Waals surface area contributed by atoms with Crippen LogP contribution in [0.5, 0.6) is 0 Å². The molecule has 3 heteroatoms. The van der Waals surface area contributed by atoms with Crippen molar-refractivity contribution in [3.8, 4) is 0 Å². The highest BCUT2D eigenvalue weighted by atomic mass is 79.9. The minimum atomic E-state index is 0.897. The van der Waals surface area contributed by atoms with E-state index in [0.717, 1.165) is 24.1 Å². The summed E-state index contributed by atoms with van der Waals surface area (Å²) in [5.41, 5.74) is 3.86. The van der Waals surface area contributed by atoms with Gasteiger partial charge in [-0.15, -0.1) is 0 Å². The lowest BCUT2D eigenvalue weighted by Gasteiger charge is -2.20. The van der Waals surface area contributed by atoms with Crippen molar-refractivity contribution in [2.24, 2.45) is 0 Å². The number of nitrogens with zero attached hydrogens (tertiary/aromatic N) is 1. The van der Waals surface area contributed by atoms with E-state index >= 15 is 0 Å². The third-order valence-corrected chi connectivity index (χ3v) is 4.10. The van der Waals surface area contributed by atoms with E-state index in [9.17, 15) is 0 Å². The summed E-state index contributed by atoms with van der Waals surface area (Å²) in [6.45, 7) is 4.96. The van der Waals surface area contributed by atoms with Gasteiger partial charge in [0, 0.05) is 30.3 Å². The van der Waals surface area contributed by atoms with Gasteiger partial charge in [0.15, 0.2) is 0 Å². The van der Waals surface area contributed by atoms with Crippen LogP contribution >= 0.6 is 15.9 Å². The maximum Gasteiger partial charge on any atom is 0.0437 e. The highest BCUT2D eigenvalue weighted by Crippen LogP contribution is 2.21. The van der Waals surface area contributed by atoms with E-state index in [0.29, 0.717) is 0 Å². The fraction of sp³-hybridized carbons (Fsp3) is 0.294. The molecule has 0 fully saturated rings. The molecular formula is C17H21BrN2. The number of hydrogen-bond donors (Lipinski definition) is 1. The molecule has 0 spiro atoms. The standard InChI is InChI=1S/C17H21BrN2/c1-3-19-12-14-8-10-16(11-9-14)20(2)13-15-6-4-5-7-17(15)18/h4-11,19H,3,12-13H2,1-2H3. The number of hydrogen-bond acceptors (Lipinski definition) is 2. The van der Waals surface area contributed by atoms with Crippen molar-refractivity contribution in [3.63, 3.8) is 0 Å². The first-order valence-electron chi connectivity index (χ1n) is 6.95. The molecule has 0 aliphatic heterocycles. The smallest absolute Gasteiger partial charge is 0.0437 e. The van der Waals surface area contributed by atoms with Crippen molar-refractivity contribution in [1.82, 2.24) is 5.32 Å². The summed E-state index contributed by atoms with van der Waals surface area (Å²) in [5.74, 6) is 0. The molecule has 0 bridgehead atoms. The first-order chi connectivity index (χ1) is 9.70. The molecule has 0 heterocycles. The van der Waals surface area contributed by atoms with E-state index in [1.807, 2.05) is 6.07 Å². The monoisotopic (exact) mass is 332 g/mol. The van der Waals surface area contributed by atoms with Crippen LogP contribution in [-0.2, 0) is 13.1 Å². The van der Waals surface area contributed by atoms with Crippen molar-refractivity contribution in [3.05, 3.63) is 64.1 Å². The van der Waals surface area contributed by atoms with Gasteiger partial charge in [0.1, 0.15) is 0 Å². The highest BCUT2D eigenvalue weighted by Gasteiger charge is 2.04. The maximum atomic E-state index is 3.60. The van der Waals surface area contributed by atoms with Crippen LogP contribution in [-0.4, -0.2) is 13.6 Å². The molecule has 0 aliphatic rings. The fourth-order valence-electron chi connectivity index (χ4n) is 2.11. The lowest BCUT2D eigenvalue weighted by molar-refractivity contribution is 0.726. The van der Waals surface area contributed by atoms with Gasteiger partial charge in [0.2, 0.25) is 0 Å². The number of halogens is 1. The molecule has 1 N–H and O–H groups in total.